The van der Waals surface area contributed by atoms with Crippen molar-refractivity contribution in [3.63, 3.8) is 0 Å². The number of nitrogens with two attached hydrogens (primary N) is 1. The summed E-state index contributed by atoms with van der Waals surface area (Å²) in [5.41, 5.74) is 7.35. The van der Waals surface area contributed by atoms with E-state index in [1.807, 2.05) is 6.92 Å². The van der Waals surface area contributed by atoms with Crippen molar-refractivity contribution in [1.29, 1.82) is 0 Å². The van der Waals surface area contributed by atoms with Crippen LogP contribution in [0.1, 0.15) is 23.1 Å². The van der Waals surface area contributed by atoms with E-state index < -0.39 is 0 Å². The monoisotopic (exact) mass is 282 g/mol. The maximum absolute atomic E-state index is 12.0. The van der Waals surface area contributed by atoms with Gasteiger partial charge in [-0.2, -0.15) is 5.10 Å². The Balaban J connectivity index is 2.52. The summed E-state index contributed by atoms with van der Waals surface area (Å²) in [4.78, 5) is 24.7. The molecule has 8 nitrogen and oxygen atoms in total. The van der Waals surface area contributed by atoms with Crippen molar-refractivity contribution < 1.29 is 9.59 Å². The van der Waals surface area contributed by atoms with Crippen molar-refractivity contribution in [2.75, 3.05) is 32.9 Å². The zero-order chi connectivity index (χ0) is 15.3. The predicted octanol–water partition coefficient (Wildman–Crippen LogP) is -0.434. The number of nitrogens with one attached hydrogen (secondary N) is 2. The summed E-state index contributed by atoms with van der Waals surface area (Å²) in [6.07, 6.45) is 0.672. The maximum atomic E-state index is 12.0. The van der Waals surface area contributed by atoms with Crippen LogP contribution in [0, 0.1) is 0 Å². The molecule has 3 amide bonds. The highest BCUT2D eigenvalue weighted by Gasteiger charge is 2.18. The molecule has 8 heteroatoms. The lowest BCUT2D eigenvalue weighted by atomic mass is 10.2. The first-order valence-electron chi connectivity index (χ1n) is 6.43. The van der Waals surface area contributed by atoms with E-state index in [9.17, 15) is 9.59 Å². The lowest BCUT2D eigenvalue weighted by Crippen LogP contribution is -2.40. The van der Waals surface area contributed by atoms with Gasteiger partial charge >= 0.3 is 6.03 Å². The molecule has 0 unspecified atom stereocenters. The zero-order valence-electron chi connectivity index (χ0n) is 12.4. The second-order valence-corrected chi connectivity index (χ2v) is 4.57. The molecule has 0 saturated heterocycles. The SMILES string of the molecule is CCc1nn(C)c(C(=O)NCCNC(=O)N(C)C)c1N. The number of nitrogen functional groups attached to an aromatic ring is 1. The summed E-state index contributed by atoms with van der Waals surface area (Å²) >= 11 is 0. The van der Waals surface area contributed by atoms with E-state index in [1.54, 1.807) is 21.1 Å². The predicted molar refractivity (Wildman–Crippen MR) is 76.4 cm³/mol. The van der Waals surface area contributed by atoms with Gasteiger partial charge in [-0.3, -0.25) is 9.48 Å². The molecule has 1 aromatic rings. The van der Waals surface area contributed by atoms with Crippen LogP contribution < -0.4 is 16.4 Å². The third-order valence-electron chi connectivity index (χ3n) is 2.80. The van der Waals surface area contributed by atoms with Gasteiger partial charge in [-0.1, -0.05) is 6.92 Å². The first-order chi connectivity index (χ1) is 9.38. The van der Waals surface area contributed by atoms with E-state index in [1.165, 1.54) is 9.58 Å². The van der Waals surface area contributed by atoms with Crippen molar-refractivity contribution in [2.24, 2.45) is 7.05 Å². The number of anilines is 1. The number of aromatic nitrogens is 2. The van der Waals surface area contributed by atoms with Gasteiger partial charge in [0.2, 0.25) is 0 Å². The minimum atomic E-state index is -0.295. The molecule has 0 bridgehead atoms. The molecule has 1 heterocycles. The quantitative estimate of drug-likeness (QED) is 0.637. The molecule has 112 valence electrons. The standard InChI is InChI=1S/C12H22N6O2/c1-5-8-9(13)10(18(4)16-8)11(19)14-6-7-15-12(20)17(2)3/h5-7,13H2,1-4H3,(H,14,19)(H,15,20). The molecule has 20 heavy (non-hydrogen) atoms. The number of urea groups is 1. The zero-order valence-corrected chi connectivity index (χ0v) is 12.4. The first kappa shape index (κ1) is 15.8. The molecule has 0 aliphatic rings. The molecule has 0 saturated carbocycles. The number of amides is 3. The fourth-order valence-electron chi connectivity index (χ4n) is 1.71. The van der Waals surface area contributed by atoms with Crippen molar-refractivity contribution >= 4 is 17.6 Å². The molecule has 1 aromatic heterocycles. The van der Waals surface area contributed by atoms with Crippen LogP contribution >= 0.6 is 0 Å². The van der Waals surface area contributed by atoms with Gasteiger partial charge in [0, 0.05) is 34.2 Å². The normalized spacial score (nSPS) is 10.2. The molecule has 4 N–H and O–H groups in total. The number of carbonyl (C=O) groups excluding carboxylic acids is 2. The summed E-state index contributed by atoms with van der Waals surface area (Å²) in [6.45, 7) is 2.60. The van der Waals surface area contributed by atoms with Gasteiger partial charge in [0.1, 0.15) is 5.69 Å². The first-order valence-corrected chi connectivity index (χ1v) is 6.43. The average molecular weight is 282 g/mol. The van der Waals surface area contributed by atoms with Crippen molar-refractivity contribution in [2.45, 2.75) is 13.3 Å². The summed E-state index contributed by atoms with van der Waals surface area (Å²) in [5, 5.41) is 9.54. The number of hydrogen-bond donors (Lipinski definition) is 3. The van der Waals surface area contributed by atoms with Crippen molar-refractivity contribution in [1.82, 2.24) is 25.3 Å². The largest absolute Gasteiger partial charge is 0.395 e. The van der Waals surface area contributed by atoms with E-state index in [2.05, 4.69) is 15.7 Å². The Labute approximate surface area is 118 Å². The Hall–Kier alpha value is -2.25. The van der Waals surface area contributed by atoms with Crippen LogP contribution in [0.2, 0.25) is 0 Å². The van der Waals surface area contributed by atoms with Crippen LogP contribution in [0.4, 0.5) is 10.5 Å². The van der Waals surface area contributed by atoms with Crippen LogP contribution in [0.25, 0.3) is 0 Å². The highest BCUT2D eigenvalue weighted by Crippen LogP contribution is 2.16. The fraction of sp³-hybridized carbons (Fsp3) is 0.583. The van der Waals surface area contributed by atoms with Crippen LogP contribution in [-0.4, -0.2) is 53.8 Å². The summed E-state index contributed by atoms with van der Waals surface area (Å²) in [5.74, 6) is -0.295. The Morgan fingerprint density at radius 2 is 1.90 bits per heavy atom. The lowest BCUT2D eigenvalue weighted by molar-refractivity contribution is 0.0945. The molecular formula is C12H22N6O2. The van der Waals surface area contributed by atoms with Gasteiger partial charge in [-0.05, 0) is 6.42 Å². The fourth-order valence-corrected chi connectivity index (χ4v) is 1.71. The molecular weight excluding hydrogens is 260 g/mol. The average Bonchev–Trinajstić information content (AvgIpc) is 2.68. The minimum absolute atomic E-state index is 0.201. The number of nitrogens with zero attached hydrogens (tertiary/aromatic N) is 3. The second-order valence-electron chi connectivity index (χ2n) is 4.57. The van der Waals surface area contributed by atoms with Gasteiger partial charge in [0.15, 0.2) is 0 Å². The van der Waals surface area contributed by atoms with Crippen molar-refractivity contribution in [3.8, 4) is 0 Å². The topological polar surface area (TPSA) is 105 Å². The Morgan fingerprint density at radius 3 is 2.40 bits per heavy atom. The van der Waals surface area contributed by atoms with Crippen LogP contribution in [0.5, 0.6) is 0 Å². The van der Waals surface area contributed by atoms with E-state index in [0.717, 1.165) is 0 Å². The molecule has 0 radical (unpaired) electrons. The van der Waals surface area contributed by atoms with Crippen LogP contribution in [0.3, 0.4) is 0 Å². The summed E-state index contributed by atoms with van der Waals surface area (Å²) in [6, 6.07) is -0.201. The van der Waals surface area contributed by atoms with Crippen LogP contribution in [-0.2, 0) is 13.5 Å². The molecule has 0 atom stereocenters. The smallest absolute Gasteiger partial charge is 0.316 e. The van der Waals surface area contributed by atoms with Gasteiger partial charge in [-0.25, -0.2) is 4.79 Å². The molecule has 0 aliphatic carbocycles. The third-order valence-corrected chi connectivity index (χ3v) is 2.80. The third kappa shape index (κ3) is 3.62. The van der Waals surface area contributed by atoms with E-state index in [-0.39, 0.29) is 11.9 Å². The van der Waals surface area contributed by atoms with Gasteiger partial charge in [-0.15, -0.1) is 0 Å². The van der Waals surface area contributed by atoms with Gasteiger partial charge in [0.25, 0.3) is 5.91 Å². The Morgan fingerprint density at radius 1 is 1.30 bits per heavy atom. The molecule has 0 aliphatic heterocycles. The van der Waals surface area contributed by atoms with Crippen molar-refractivity contribution in [3.05, 3.63) is 11.4 Å². The Bertz CT molecular complexity index is 494. The van der Waals surface area contributed by atoms with E-state index >= 15 is 0 Å². The number of rotatable bonds is 5. The van der Waals surface area contributed by atoms with E-state index in [4.69, 9.17) is 5.73 Å². The lowest BCUT2D eigenvalue weighted by Gasteiger charge is -2.12. The summed E-state index contributed by atoms with van der Waals surface area (Å²) < 4.78 is 1.47. The van der Waals surface area contributed by atoms with Gasteiger partial charge in [0.05, 0.1) is 11.4 Å². The van der Waals surface area contributed by atoms with E-state index in [0.29, 0.717) is 36.6 Å². The molecule has 0 aromatic carbocycles. The number of carbonyl (C=O) groups is 2. The van der Waals surface area contributed by atoms with Gasteiger partial charge < -0.3 is 21.3 Å². The Kier molecular flexibility index (Phi) is 5.36. The highest BCUT2D eigenvalue weighted by molar-refractivity contribution is 5.98. The molecule has 0 spiro atoms. The minimum Gasteiger partial charge on any atom is -0.395 e. The number of aryl methyl sites for hydroxylation is 2. The summed E-state index contributed by atoms with van der Waals surface area (Å²) in [7, 11) is 4.98. The molecule has 1 rings (SSSR count). The maximum Gasteiger partial charge on any atom is 0.316 e. The highest BCUT2D eigenvalue weighted by atomic mass is 16.2. The second kappa shape index (κ2) is 6.78. The number of hydrogen-bond acceptors (Lipinski definition) is 4. The van der Waals surface area contributed by atoms with Crippen LogP contribution in [0.15, 0.2) is 0 Å². The molecule has 0 fully saturated rings.